The van der Waals surface area contributed by atoms with E-state index in [2.05, 4.69) is 0 Å². The monoisotopic (exact) mass is 239 g/mol. The van der Waals surface area contributed by atoms with Crippen LogP contribution in [0.5, 0.6) is 0 Å². The molecule has 0 aromatic heterocycles. The van der Waals surface area contributed by atoms with E-state index >= 15 is 0 Å². The second kappa shape index (κ2) is 4.79. The molecule has 0 saturated carbocycles. The standard InChI is InChI=1S/C8H5N3O6/c12-9(13)5-4-6-7(10(14)15)2-1-3-8(6)11(16)17/h1-5H. The van der Waals surface area contributed by atoms with Gasteiger partial charge in [-0.15, -0.1) is 0 Å². The topological polar surface area (TPSA) is 129 Å². The van der Waals surface area contributed by atoms with E-state index in [-0.39, 0.29) is 0 Å². The van der Waals surface area contributed by atoms with E-state index < -0.39 is 31.7 Å². The highest BCUT2D eigenvalue weighted by atomic mass is 16.6. The SMILES string of the molecule is O=[N+]([O-])C=Cc1c([N+](=O)[O-])cccc1[N+](=O)[O-]. The molecule has 9 heteroatoms. The van der Waals surface area contributed by atoms with E-state index in [1.54, 1.807) is 0 Å². The first-order chi connectivity index (χ1) is 7.93. The van der Waals surface area contributed by atoms with Crippen LogP contribution in [0.2, 0.25) is 0 Å². The fraction of sp³-hybridized carbons (Fsp3) is 0. The molecule has 0 amide bonds. The van der Waals surface area contributed by atoms with Gasteiger partial charge in [0.15, 0.2) is 0 Å². The van der Waals surface area contributed by atoms with Gasteiger partial charge in [0.2, 0.25) is 6.20 Å². The van der Waals surface area contributed by atoms with Crippen molar-refractivity contribution in [3.8, 4) is 0 Å². The molecular formula is C8H5N3O6. The summed E-state index contributed by atoms with van der Waals surface area (Å²) in [5.41, 5.74) is -1.52. The summed E-state index contributed by atoms with van der Waals surface area (Å²) >= 11 is 0. The molecule has 0 N–H and O–H groups in total. The Kier molecular flexibility index (Phi) is 3.44. The molecule has 0 bridgehead atoms. The van der Waals surface area contributed by atoms with Crippen molar-refractivity contribution in [3.05, 3.63) is 60.3 Å². The summed E-state index contributed by atoms with van der Waals surface area (Å²) in [5, 5.41) is 31.4. The van der Waals surface area contributed by atoms with Gasteiger partial charge in [-0.1, -0.05) is 0 Å². The molecule has 17 heavy (non-hydrogen) atoms. The summed E-state index contributed by atoms with van der Waals surface area (Å²) in [5.74, 6) is 0. The van der Waals surface area contributed by atoms with E-state index in [9.17, 15) is 30.3 Å². The molecule has 0 aliphatic carbocycles. The highest BCUT2D eigenvalue weighted by molar-refractivity contribution is 5.69. The lowest BCUT2D eigenvalue weighted by Gasteiger charge is -1.97. The lowest BCUT2D eigenvalue weighted by atomic mass is 10.1. The molecule has 0 aliphatic rings. The van der Waals surface area contributed by atoms with Crippen LogP contribution in [-0.4, -0.2) is 14.8 Å². The van der Waals surface area contributed by atoms with Gasteiger partial charge in [-0.2, -0.15) is 0 Å². The average molecular weight is 239 g/mol. The predicted octanol–water partition coefficient (Wildman–Crippen LogP) is 1.75. The minimum Gasteiger partial charge on any atom is -0.259 e. The first-order valence-electron chi connectivity index (χ1n) is 4.17. The van der Waals surface area contributed by atoms with Crippen molar-refractivity contribution in [1.82, 2.24) is 0 Å². The van der Waals surface area contributed by atoms with E-state index in [4.69, 9.17) is 0 Å². The van der Waals surface area contributed by atoms with E-state index in [0.29, 0.717) is 6.20 Å². The Labute approximate surface area is 93.4 Å². The zero-order valence-corrected chi connectivity index (χ0v) is 8.18. The smallest absolute Gasteiger partial charge is 0.259 e. The third kappa shape index (κ3) is 2.81. The molecule has 0 fully saturated rings. The minimum absolute atomic E-state index is 0.404. The molecule has 0 saturated heterocycles. The highest BCUT2D eigenvalue weighted by Gasteiger charge is 2.22. The minimum atomic E-state index is -0.861. The number of nitro benzene ring substituents is 2. The molecule has 0 unspecified atom stereocenters. The summed E-state index contributed by atoms with van der Waals surface area (Å²) in [6.07, 6.45) is 1.14. The number of hydrogen-bond donors (Lipinski definition) is 0. The van der Waals surface area contributed by atoms with Crippen LogP contribution in [-0.2, 0) is 0 Å². The molecule has 9 nitrogen and oxygen atoms in total. The summed E-state index contributed by atoms with van der Waals surface area (Å²) in [6, 6.07) is 3.21. The Balaban J connectivity index is 3.43. The average Bonchev–Trinajstić information content (AvgIpc) is 2.25. The lowest BCUT2D eigenvalue weighted by molar-refractivity contribution is -0.402. The van der Waals surface area contributed by atoms with Gasteiger partial charge >= 0.3 is 0 Å². The number of rotatable bonds is 4. The van der Waals surface area contributed by atoms with Gasteiger partial charge < -0.3 is 0 Å². The van der Waals surface area contributed by atoms with Gasteiger partial charge in [0.05, 0.1) is 14.8 Å². The van der Waals surface area contributed by atoms with Crippen LogP contribution < -0.4 is 0 Å². The molecule has 1 aromatic carbocycles. The first-order valence-corrected chi connectivity index (χ1v) is 4.17. The Morgan fingerprint density at radius 1 is 0.941 bits per heavy atom. The molecule has 1 rings (SSSR count). The molecule has 0 aliphatic heterocycles. The number of benzene rings is 1. The largest absolute Gasteiger partial charge is 0.283 e. The number of nitrogens with zero attached hydrogens (tertiary/aromatic N) is 3. The summed E-state index contributed by atoms with van der Waals surface area (Å²) < 4.78 is 0. The van der Waals surface area contributed by atoms with E-state index in [0.717, 1.165) is 24.3 Å². The number of nitro groups is 3. The summed E-state index contributed by atoms with van der Waals surface area (Å²) in [7, 11) is 0. The van der Waals surface area contributed by atoms with Crippen molar-refractivity contribution in [3.63, 3.8) is 0 Å². The molecule has 0 radical (unpaired) electrons. The first kappa shape index (κ1) is 12.2. The van der Waals surface area contributed by atoms with Gasteiger partial charge in [0.25, 0.3) is 11.4 Å². The van der Waals surface area contributed by atoms with Crippen LogP contribution in [0.1, 0.15) is 5.56 Å². The van der Waals surface area contributed by atoms with Crippen LogP contribution in [0, 0.1) is 30.3 Å². The van der Waals surface area contributed by atoms with Crippen molar-refractivity contribution in [2.45, 2.75) is 0 Å². The zero-order valence-electron chi connectivity index (χ0n) is 8.18. The van der Waals surface area contributed by atoms with Crippen LogP contribution in [0.3, 0.4) is 0 Å². The number of hydrogen-bond acceptors (Lipinski definition) is 6. The van der Waals surface area contributed by atoms with Gasteiger partial charge in [0.1, 0.15) is 5.56 Å². The maximum Gasteiger partial charge on any atom is 0.283 e. The van der Waals surface area contributed by atoms with Crippen molar-refractivity contribution < 1.29 is 14.8 Å². The lowest BCUT2D eigenvalue weighted by Crippen LogP contribution is -1.97. The third-order valence-electron chi connectivity index (χ3n) is 1.82. The molecule has 1 aromatic rings. The van der Waals surface area contributed by atoms with E-state index in [1.807, 2.05) is 0 Å². The molecule has 88 valence electrons. The van der Waals surface area contributed by atoms with Crippen molar-refractivity contribution in [2.75, 3.05) is 0 Å². The molecule has 0 atom stereocenters. The van der Waals surface area contributed by atoms with Crippen molar-refractivity contribution in [1.29, 1.82) is 0 Å². The third-order valence-corrected chi connectivity index (χ3v) is 1.82. The maximum atomic E-state index is 10.6. The molecule has 0 spiro atoms. The van der Waals surface area contributed by atoms with E-state index in [1.165, 1.54) is 0 Å². The quantitative estimate of drug-likeness (QED) is 0.581. The Bertz CT molecular complexity index is 492. The van der Waals surface area contributed by atoms with Crippen LogP contribution in [0.25, 0.3) is 6.08 Å². The highest BCUT2D eigenvalue weighted by Crippen LogP contribution is 2.29. The Hall–Kier alpha value is -2.84. The van der Waals surface area contributed by atoms with Crippen LogP contribution in [0.15, 0.2) is 24.4 Å². The maximum absolute atomic E-state index is 10.6. The fourth-order valence-electron chi connectivity index (χ4n) is 1.17. The normalized spacial score (nSPS) is 10.4. The van der Waals surface area contributed by atoms with Gasteiger partial charge in [0, 0.05) is 18.2 Å². The van der Waals surface area contributed by atoms with Crippen molar-refractivity contribution in [2.24, 2.45) is 0 Å². The van der Waals surface area contributed by atoms with Gasteiger partial charge in [-0.3, -0.25) is 30.3 Å². The van der Waals surface area contributed by atoms with Gasteiger partial charge in [-0.25, -0.2) is 0 Å². The van der Waals surface area contributed by atoms with Crippen molar-refractivity contribution >= 4 is 17.5 Å². The van der Waals surface area contributed by atoms with Gasteiger partial charge in [-0.05, 0) is 6.07 Å². The Morgan fingerprint density at radius 2 is 1.41 bits per heavy atom. The Morgan fingerprint density at radius 3 is 1.76 bits per heavy atom. The molecular weight excluding hydrogens is 234 g/mol. The predicted molar refractivity (Wildman–Crippen MR) is 55.8 cm³/mol. The summed E-state index contributed by atoms with van der Waals surface area (Å²) in [6.45, 7) is 0. The fourth-order valence-corrected chi connectivity index (χ4v) is 1.17. The second-order valence-electron chi connectivity index (χ2n) is 2.83. The molecule has 0 heterocycles. The summed E-state index contributed by atoms with van der Waals surface area (Å²) in [4.78, 5) is 28.8. The zero-order chi connectivity index (χ0) is 13.0. The van der Waals surface area contributed by atoms with Crippen LogP contribution >= 0.6 is 0 Å². The second-order valence-corrected chi connectivity index (χ2v) is 2.83. The van der Waals surface area contributed by atoms with Crippen LogP contribution in [0.4, 0.5) is 11.4 Å².